The van der Waals surface area contributed by atoms with Crippen LogP contribution in [0, 0.1) is 6.92 Å². The Hall–Kier alpha value is -3.78. The van der Waals surface area contributed by atoms with Crippen LogP contribution in [0.15, 0.2) is 59.7 Å². The van der Waals surface area contributed by atoms with Crippen molar-refractivity contribution in [1.29, 1.82) is 0 Å². The number of rotatable bonds is 4. The van der Waals surface area contributed by atoms with E-state index in [1.165, 1.54) is 0 Å². The normalized spacial score (nSPS) is 16.1. The summed E-state index contributed by atoms with van der Waals surface area (Å²) in [5, 5.41) is 12.5. The SMILES string of the molecule is Cc1cc(C(=O)O)ccc1-c1ccc(-n2c(=O)n(C3CCNC3)c3ncccc32)cn1. The number of carboxylic acids is 1. The molecule has 0 radical (unpaired) electrons. The fourth-order valence-electron chi connectivity index (χ4n) is 4.25. The molecule has 8 heteroatoms. The number of hydrogen-bond acceptors (Lipinski definition) is 5. The highest BCUT2D eigenvalue weighted by atomic mass is 16.4. The molecule has 5 rings (SSSR count). The van der Waals surface area contributed by atoms with Crippen LogP contribution in [0.25, 0.3) is 28.1 Å². The highest BCUT2D eigenvalue weighted by Gasteiger charge is 2.24. The van der Waals surface area contributed by atoms with Crippen molar-refractivity contribution in [2.75, 3.05) is 13.1 Å². The van der Waals surface area contributed by atoms with Gasteiger partial charge in [0.05, 0.1) is 34.7 Å². The molecule has 156 valence electrons. The number of imidazole rings is 1. The number of hydrogen-bond donors (Lipinski definition) is 2. The zero-order valence-electron chi connectivity index (χ0n) is 16.9. The molecule has 0 saturated carbocycles. The van der Waals surface area contributed by atoms with Gasteiger partial charge in [-0.1, -0.05) is 6.07 Å². The van der Waals surface area contributed by atoms with Gasteiger partial charge in [-0.2, -0.15) is 0 Å². The first-order valence-corrected chi connectivity index (χ1v) is 10.1. The van der Waals surface area contributed by atoms with Gasteiger partial charge in [-0.3, -0.25) is 14.1 Å². The van der Waals surface area contributed by atoms with Crippen molar-refractivity contribution in [2.24, 2.45) is 0 Å². The van der Waals surface area contributed by atoms with E-state index in [2.05, 4.69) is 15.3 Å². The molecule has 1 aliphatic rings. The Kier molecular flexibility index (Phi) is 4.63. The van der Waals surface area contributed by atoms with Gasteiger partial charge >= 0.3 is 11.7 Å². The van der Waals surface area contributed by atoms with E-state index in [1.54, 1.807) is 39.7 Å². The van der Waals surface area contributed by atoms with E-state index in [4.69, 9.17) is 5.11 Å². The Morgan fingerprint density at radius 1 is 1.19 bits per heavy atom. The van der Waals surface area contributed by atoms with E-state index < -0.39 is 5.97 Å². The van der Waals surface area contributed by atoms with Crippen LogP contribution < -0.4 is 11.0 Å². The van der Waals surface area contributed by atoms with E-state index in [-0.39, 0.29) is 17.3 Å². The molecule has 1 atom stereocenters. The lowest BCUT2D eigenvalue weighted by Crippen LogP contribution is -2.28. The molecule has 3 aromatic heterocycles. The summed E-state index contributed by atoms with van der Waals surface area (Å²) >= 11 is 0. The fraction of sp³-hybridized carbons (Fsp3) is 0.217. The van der Waals surface area contributed by atoms with E-state index in [0.29, 0.717) is 17.0 Å². The molecule has 0 aliphatic carbocycles. The van der Waals surface area contributed by atoms with E-state index in [1.807, 2.05) is 31.2 Å². The number of carbonyl (C=O) groups is 1. The summed E-state index contributed by atoms with van der Waals surface area (Å²) in [7, 11) is 0. The van der Waals surface area contributed by atoms with Gasteiger partial charge in [0.2, 0.25) is 0 Å². The Morgan fingerprint density at radius 2 is 2.06 bits per heavy atom. The van der Waals surface area contributed by atoms with Gasteiger partial charge in [0, 0.05) is 18.3 Å². The molecule has 1 unspecified atom stereocenters. The van der Waals surface area contributed by atoms with Crippen molar-refractivity contribution in [1.82, 2.24) is 24.4 Å². The summed E-state index contributed by atoms with van der Waals surface area (Å²) in [6.07, 6.45) is 4.26. The number of nitrogens with one attached hydrogen (secondary N) is 1. The second kappa shape index (κ2) is 7.48. The summed E-state index contributed by atoms with van der Waals surface area (Å²) in [4.78, 5) is 33.6. The lowest BCUT2D eigenvalue weighted by molar-refractivity contribution is 0.0697. The van der Waals surface area contributed by atoms with Gasteiger partial charge in [0.15, 0.2) is 5.65 Å². The van der Waals surface area contributed by atoms with Gasteiger partial charge in [0.25, 0.3) is 0 Å². The van der Waals surface area contributed by atoms with Crippen molar-refractivity contribution in [3.05, 3.63) is 76.5 Å². The third-order valence-corrected chi connectivity index (χ3v) is 5.79. The van der Waals surface area contributed by atoms with Crippen LogP contribution in [0.1, 0.15) is 28.4 Å². The van der Waals surface area contributed by atoms with Crippen molar-refractivity contribution < 1.29 is 9.90 Å². The molecule has 1 aromatic carbocycles. The molecule has 1 saturated heterocycles. The smallest absolute Gasteiger partial charge is 0.335 e. The second-order valence-electron chi connectivity index (χ2n) is 7.72. The summed E-state index contributed by atoms with van der Waals surface area (Å²) in [5.74, 6) is -0.959. The standard InChI is InChI=1S/C23H21N5O3/c1-14-11-15(22(29)30)4-6-18(14)19-7-5-16(13-26-19)27-20-3-2-9-25-21(20)28(23(27)31)17-8-10-24-12-17/h2-7,9,11,13,17,24H,8,10,12H2,1H3,(H,29,30). The van der Waals surface area contributed by atoms with Gasteiger partial charge in [-0.05, 0) is 61.9 Å². The third-order valence-electron chi connectivity index (χ3n) is 5.79. The number of aryl methyl sites for hydroxylation is 1. The average molecular weight is 415 g/mol. The second-order valence-corrected chi connectivity index (χ2v) is 7.72. The summed E-state index contributed by atoms with van der Waals surface area (Å²) in [6.45, 7) is 3.49. The summed E-state index contributed by atoms with van der Waals surface area (Å²) in [6, 6.07) is 12.5. The summed E-state index contributed by atoms with van der Waals surface area (Å²) < 4.78 is 3.43. The lowest BCUT2D eigenvalue weighted by Gasteiger charge is -2.09. The van der Waals surface area contributed by atoms with Crippen molar-refractivity contribution >= 4 is 17.1 Å². The zero-order chi connectivity index (χ0) is 21.5. The number of aromatic nitrogens is 4. The average Bonchev–Trinajstić information content (AvgIpc) is 3.39. The van der Waals surface area contributed by atoms with E-state index in [9.17, 15) is 9.59 Å². The third kappa shape index (κ3) is 3.21. The molecule has 0 amide bonds. The molecule has 8 nitrogen and oxygen atoms in total. The van der Waals surface area contributed by atoms with Crippen LogP contribution >= 0.6 is 0 Å². The van der Waals surface area contributed by atoms with Gasteiger partial charge in [-0.15, -0.1) is 0 Å². The van der Waals surface area contributed by atoms with Gasteiger partial charge in [0.1, 0.15) is 0 Å². The Labute approximate surface area is 177 Å². The maximum absolute atomic E-state index is 13.4. The van der Waals surface area contributed by atoms with Crippen LogP contribution in [0.4, 0.5) is 0 Å². The maximum Gasteiger partial charge on any atom is 0.335 e. The molecule has 2 N–H and O–H groups in total. The first-order chi connectivity index (χ1) is 15.0. The van der Waals surface area contributed by atoms with E-state index >= 15 is 0 Å². The molecule has 1 aliphatic heterocycles. The number of nitrogens with zero attached hydrogens (tertiary/aromatic N) is 4. The molecule has 4 aromatic rings. The minimum Gasteiger partial charge on any atom is -0.478 e. The largest absolute Gasteiger partial charge is 0.478 e. The molecular weight excluding hydrogens is 394 g/mol. The first-order valence-electron chi connectivity index (χ1n) is 10.1. The quantitative estimate of drug-likeness (QED) is 0.531. The maximum atomic E-state index is 13.4. The molecule has 31 heavy (non-hydrogen) atoms. The van der Waals surface area contributed by atoms with Crippen LogP contribution in [-0.4, -0.2) is 43.3 Å². The predicted octanol–water partition coefficient (Wildman–Crippen LogP) is 2.79. The monoisotopic (exact) mass is 415 g/mol. The number of fused-ring (bicyclic) bond motifs is 1. The van der Waals surface area contributed by atoms with Crippen molar-refractivity contribution in [3.8, 4) is 16.9 Å². The van der Waals surface area contributed by atoms with Gasteiger partial charge in [-0.25, -0.2) is 14.6 Å². The first kappa shape index (κ1) is 19.2. The highest BCUT2D eigenvalue weighted by Crippen LogP contribution is 2.25. The minimum atomic E-state index is -0.959. The number of aromatic carboxylic acids is 1. The number of pyridine rings is 2. The van der Waals surface area contributed by atoms with Crippen molar-refractivity contribution in [3.63, 3.8) is 0 Å². The molecule has 1 fully saturated rings. The number of carboxylic acid groups (broad SMARTS) is 1. The molecule has 4 heterocycles. The Morgan fingerprint density at radius 3 is 2.74 bits per heavy atom. The fourth-order valence-corrected chi connectivity index (χ4v) is 4.25. The van der Waals surface area contributed by atoms with E-state index in [0.717, 1.165) is 36.2 Å². The van der Waals surface area contributed by atoms with Crippen LogP contribution in [0.3, 0.4) is 0 Å². The predicted molar refractivity (Wildman–Crippen MR) is 117 cm³/mol. The zero-order valence-corrected chi connectivity index (χ0v) is 16.9. The van der Waals surface area contributed by atoms with Crippen molar-refractivity contribution in [2.45, 2.75) is 19.4 Å². The summed E-state index contributed by atoms with van der Waals surface area (Å²) in [5.41, 5.74) is 4.59. The Bertz CT molecular complexity index is 1350. The lowest BCUT2D eigenvalue weighted by atomic mass is 10.0. The molecular formula is C23H21N5O3. The Balaban J connectivity index is 1.59. The van der Waals surface area contributed by atoms with Gasteiger partial charge < -0.3 is 10.4 Å². The van der Waals surface area contributed by atoms with Crippen LogP contribution in [0.5, 0.6) is 0 Å². The van der Waals surface area contributed by atoms with Crippen LogP contribution in [-0.2, 0) is 0 Å². The van der Waals surface area contributed by atoms with Crippen LogP contribution in [0.2, 0.25) is 0 Å². The minimum absolute atomic E-state index is 0.0776. The topological polar surface area (TPSA) is 102 Å². The molecule has 0 bridgehead atoms. The highest BCUT2D eigenvalue weighted by molar-refractivity contribution is 5.88. The number of benzene rings is 1. The molecule has 0 spiro atoms.